The highest BCUT2D eigenvalue weighted by molar-refractivity contribution is 7.91. The second kappa shape index (κ2) is 3.86. The molecule has 0 aromatic carbocycles. The normalized spacial score (nSPS) is 19.9. The van der Waals surface area contributed by atoms with Gasteiger partial charge < -0.3 is 11.1 Å². The van der Waals surface area contributed by atoms with Gasteiger partial charge in [-0.05, 0) is 19.3 Å². The van der Waals surface area contributed by atoms with Crippen molar-refractivity contribution in [2.45, 2.75) is 24.8 Å². The largest absolute Gasteiger partial charge is 0.349 e. The number of carbonyl (C=O) groups excluding carboxylic acids is 1. The van der Waals surface area contributed by atoms with Crippen LogP contribution in [0.3, 0.4) is 0 Å². The van der Waals surface area contributed by atoms with E-state index in [0.29, 0.717) is 6.54 Å². The molecule has 0 saturated heterocycles. The van der Waals surface area contributed by atoms with Crippen LogP contribution < -0.4 is 11.1 Å². The number of sulfone groups is 1. The fourth-order valence-corrected chi connectivity index (χ4v) is 2.10. The molecule has 1 aliphatic carbocycles. The number of hydrogen-bond donors (Lipinski definition) is 2. The van der Waals surface area contributed by atoms with Crippen LogP contribution in [0.15, 0.2) is 0 Å². The highest BCUT2D eigenvalue weighted by Crippen LogP contribution is 2.30. The average molecular weight is 220 g/mol. The van der Waals surface area contributed by atoms with E-state index in [1.165, 1.54) is 0 Å². The summed E-state index contributed by atoms with van der Waals surface area (Å²) in [6.07, 6.45) is 3.77. The second-order valence-corrected chi connectivity index (χ2v) is 6.10. The third-order valence-electron chi connectivity index (χ3n) is 2.50. The molecule has 5 nitrogen and oxygen atoms in total. The molecule has 0 radical (unpaired) electrons. The van der Waals surface area contributed by atoms with E-state index in [9.17, 15) is 13.2 Å². The van der Waals surface area contributed by atoms with Crippen molar-refractivity contribution in [3.05, 3.63) is 0 Å². The van der Waals surface area contributed by atoms with Crippen LogP contribution in [0.5, 0.6) is 0 Å². The minimum atomic E-state index is -3.24. The minimum absolute atomic E-state index is 0.332. The molecule has 0 aromatic heterocycles. The number of nitrogens with two attached hydrogens (primary N) is 1. The monoisotopic (exact) mass is 220 g/mol. The summed E-state index contributed by atoms with van der Waals surface area (Å²) in [5, 5.41) is 2.69. The van der Waals surface area contributed by atoms with Crippen molar-refractivity contribution in [1.82, 2.24) is 5.32 Å². The molecule has 0 bridgehead atoms. The fraction of sp³-hybridized carbons (Fsp3) is 0.875. The number of carbonyl (C=O) groups is 1. The third-order valence-corrected chi connectivity index (χ3v) is 3.29. The Kier molecular flexibility index (Phi) is 3.16. The van der Waals surface area contributed by atoms with E-state index in [1.807, 2.05) is 0 Å². The van der Waals surface area contributed by atoms with Crippen LogP contribution >= 0.6 is 0 Å². The number of amides is 1. The molecule has 1 saturated carbocycles. The van der Waals surface area contributed by atoms with E-state index in [-0.39, 0.29) is 5.54 Å². The van der Waals surface area contributed by atoms with Gasteiger partial charge in [0.05, 0.1) is 5.54 Å². The van der Waals surface area contributed by atoms with E-state index in [2.05, 4.69) is 5.32 Å². The molecule has 0 atom stereocenters. The molecule has 3 N–H and O–H groups in total. The maximum absolute atomic E-state index is 11.3. The standard InChI is InChI=1S/C8H16N2O3S/c1-14(12,13)5-7(11)10-8(6-9)3-2-4-8/h2-6,9H2,1H3,(H,10,11). The Labute approximate surface area is 84.0 Å². The molecular weight excluding hydrogens is 204 g/mol. The highest BCUT2D eigenvalue weighted by Gasteiger charge is 2.37. The quantitative estimate of drug-likeness (QED) is 0.638. The van der Waals surface area contributed by atoms with Gasteiger partial charge in [0.2, 0.25) is 5.91 Å². The molecule has 14 heavy (non-hydrogen) atoms. The van der Waals surface area contributed by atoms with Gasteiger partial charge in [-0.3, -0.25) is 4.79 Å². The predicted octanol–water partition coefficient (Wildman–Crippen LogP) is -0.971. The van der Waals surface area contributed by atoms with Crippen molar-refractivity contribution in [1.29, 1.82) is 0 Å². The summed E-state index contributed by atoms with van der Waals surface area (Å²) in [4.78, 5) is 11.3. The summed E-state index contributed by atoms with van der Waals surface area (Å²) in [5.41, 5.74) is 5.19. The van der Waals surface area contributed by atoms with Crippen LogP contribution in [0, 0.1) is 0 Å². The Morgan fingerprint density at radius 1 is 1.50 bits per heavy atom. The molecule has 0 unspecified atom stereocenters. The molecule has 82 valence electrons. The molecule has 1 fully saturated rings. The van der Waals surface area contributed by atoms with Gasteiger partial charge >= 0.3 is 0 Å². The van der Waals surface area contributed by atoms with E-state index in [0.717, 1.165) is 25.5 Å². The zero-order chi connectivity index (χ0) is 10.8. The molecule has 0 aromatic rings. The van der Waals surface area contributed by atoms with Gasteiger partial charge in [0.15, 0.2) is 9.84 Å². The second-order valence-electron chi connectivity index (χ2n) is 3.96. The zero-order valence-electron chi connectivity index (χ0n) is 8.25. The molecule has 1 rings (SSSR count). The summed E-state index contributed by atoms with van der Waals surface area (Å²) in [6, 6.07) is 0. The predicted molar refractivity (Wildman–Crippen MR) is 53.5 cm³/mol. The van der Waals surface area contributed by atoms with Crippen LogP contribution in [0.1, 0.15) is 19.3 Å². The molecule has 1 amide bonds. The summed E-state index contributed by atoms with van der Waals surface area (Å²) < 4.78 is 21.7. The minimum Gasteiger partial charge on any atom is -0.349 e. The first-order valence-electron chi connectivity index (χ1n) is 4.56. The fourth-order valence-electron chi connectivity index (χ4n) is 1.55. The van der Waals surface area contributed by atoms with Gasteiger partial charge in [-0.1, -0.05) is 0 Å². The van der Waals surface area contributed by atoms with Crippen LogP contribution in [0.4, 0.5) is 0 Å². The maximum atomic E-state index is 11.3. The van der Waals surface area contributed by atoms with Crippen LogP contribution in [-0.4, -0.2) is 38.4 Å². The Morgan fingerprint density at radius 3 is 2.36 bits per heavy atom. The van der Waals surface area contributed by atoms with Crippen molar-refractivity contribution in [2.24, 2.45) is 5.73 Å². The molecule has 0 heterocycles. The summed E-state index contributed by atoms with van der Waals surface area (Å²) in [7, 11) is -3.24. The van der Waals surface area contributed by atoms with Crippen molar-refractivity contribution in [3.8, 4) is 0 Å². The first-order chi connectivity index (χ1) is 6.37. The smallest absolute Gasteiger partial charge is 0.235 e. The average Bonchev–Trinajstić information content (AvgIpc) is 1.93. The van der Waals surface area contributed by atoms with Crippen molar-refractivity contribution in [3.63, 3.8) is 0 Å². The van der Waals surface area contributed by atoms with Crippen LogP contribution in [-0.2, 0) is 14.6 Å². The molecular formula is C8H16N2O3S. The van der Waals surface area contributed by atoms with Crippen molar-refractivity contribution >= 4 is 15.7 Å². The maximum Gasteiger partial charge on any atom is 0.235 e. The number of rotatable bonds is 4. The van der Waals surface area contributed by atoms with Gasteiger partial charge in [0, 0.05) is 12.8 Å². The lowest BCUT2D eigenvalue weighted by Gasteiger charge is -2.41. The molecule has 0 aliphatic heterocycles. The SMILES string of the molecule is CS(=O)(=O)CC(=O)NC1(CN)CCC1. The van der Waals surface area contributed by atoms with Gasteiger partial charge in [0.1, 0.15) is 5.75 Å². The first kappa shape index (κ1) is 11.5. The third kappa shape index (κ3) is 2.95. The van der Waals surface area contributed by atoms with Crippen LogP contribution in [0.25, 0.3) is 0 Å². The first-order valence-corrected chi connectivity index (χ1v) is 6.62. The molecule has 1 aliphatic rings. The number of hydrogen-bond acceptors (Lipinski definition) is 4. The molecule has 0 spiro atoms. The van der Waals surface area contributed by atoms with E-state index >= 15 is 0 Å². The Balaban J connectivity index is 2.48. The number of nitrogens with one attached hydrogen (secondary N) is 1. The van der Waals surface area contributed by atoms with Crippen LogP contribution in [0.2, 0.25) is 0 Å². The Bertz CT molecular complexity index is 314. The van der Waals surface area contributed by atoms with E-state index in [4.69, 9.17) is 5.73 Å². The lowest BCUT2D eigenvalue weighted by molar-refractivity contribution is -0.121. The van der Waals surface area contributed by atoms with E-state index in [1.54, 1.807) is 0 Å². The Morgan fingerprint density at radius 2 is 2.07 bits per heavy atom. The topological polar surface area (TPSA) is 89.3 Å². The lowest BCUT2D eigenvalue weighted by atomic mass is 9.77. The van der Waals surface area contributed by atoms with Gasteiger partial charge in [-0.2, -0.15) is 0 Å². The van der Waals surface area contributed by atoms with Gasteiger partial charge in [-0.15, -0.1) is 0 Å². The summed E-state index contributed by atoms with van der Waals surface area (Å²) in [6.45, 7) is 0.377. The van der Waals surface area contributed by atoms with Gasteiger partial charge in [0.25, 0.3) is 0 Å². The summed E-state index contributed by atoms with van der Waals surface area (Å²) >= 11 is 0. The molecule has 6 heteroatoms. The van der Waals surface area contributed by atoms with E-state index < -0.39 is 21.5 Å². The Hall–Kier alpha value is -0.620. The highest BCUT2D eigenvalue weighted by atomic mass is 32.2. The van der Waals surface area contributed by atoms with Crippen molar-refractivity contribution < 1.29 is 13.2 Å². The van der Waals surface area contributed by atoms with Crippen molar-refractivity contribution in [2.75, 3.05) is 18.6 Å². The summed E-state index contributed by atoms with van der Waals surface area (Å²) in [5.74, 6) is -0.896. The van der Waals surface area contributed by atoms with Gasteiger partial charge in [-0.25, -0.2) is 8.42 Å². The zero-order valence-corrected chi connectivity index (χ0v) is 9.06. The lowest BCUT2D eigenvalue weighted by Crippen LogP contribution is -2.59.